The number of halogens is 1. The Labute approximate surface area is 117 Å². The molecule has 1 aromatic carbocycles. The van der Waals surface area contributed by atoms with E-state index in [0.717, 1.165) is 6.07 Å². The van der Waals surface area contributed by atoms with E-state index in [0.29, 0.717) is 19.5 Å². The van der Waals surface area contributed by atoms with Gasteiger partial charge in [-0.25, -0.2) is 13.2 Å². The van der Waals surface area contributed by atoms with Crippen LogP contribution >= 0.6 is 11.6 Å². The standard InChI is InChI=1S/C12H16ClNO4S/c1-3-7-14(4-2)19(17,18)11-8-9(12(15)16)5-6-10(11)13/h5-6,8H,3-4,7H2,1-2H3,(H,15,16). The van der Waals surface area contributed by atoms with Crippen molar-refractivity contribution in [2.75, 3.05) is 13.1 Å². The van der Waals surface area contributed by atoms with E-state index in [1.807, 2.05) is 6.92 Å². The number of carboxylic acids is 1. The first kappa shape index (κ1) is 15.9. The lowest BCUT2D eigenvalue weighted by Crippen LogP contribution is -2.32. The van der Waals surface area contributed by atoms with E-state index >= 15 is 0 Å². The molecule has 0 saturated heterocycles. The molecular weight excluding hydrogens is 290 g/mol. The van der Waals surface area contributed by atoms with E-state index < -0.39 is 16.0 Å². The third-order valence-electron chi connectivity index (χ3n) is 2.62. The summed E-state index contributed by atoms with van der Waals surface area (Å²) in [6.07, 6.45) is 0.670. The topological polar surface area (TPSA) is 74.7 Å². The molecule has 5 nitrogen and oxygen atoms in total. The number of carboxylic acid groups (broad SMARTS) is 1. The van der Waals surface area contributed by atoms with Crippen LogP contribution in [0.15, 0.2) is 23.1 Å². The van der Waals surface area contributed by atoms with E-state index in [9.17, 15) is 13.2 Å². The van der Waals surface area contributed by atoms with E-state index in [-0.39, 0.29) is 15.5 Å². The smallest absolute Gasteiger partial charge is 0.335 e. The van der Waals surface area contributed by atoms with Crippen LogP contribution in [0.2, 0.25) is 5.02 Å². The molecule has 0 heterocycles. The molecule has 0 atom stereocenters. The molecule has 0 bridgehead atoms. The number of sulfonamides is 1. The predicted octanol–water partition coefficient (Wildman–Crippen LogP) is 2.46. The largest absolute Gasteiger partial charge is 0.478 e. The molecule has 7 heteroatoms. The maximum absolute atomic E-state index is 12.4. The molecular formula is C12H16ClNO4S. The Hall–Kier alpha value is -1.11. The number of hydrogen-bond acceptors (Lipinski definition) is 3. The van der Waals surface area contributed by atoms with Gasteiger partial charge in [0.2, 0.25) is 10.0 Å². The lowest BCUT2D eigenvalue weighted by molar-refractivity contribution is 0.0696. The second-order valence-electron chi connectivity index (χ2n) is 3.95. The van der Waals surface area contributed by atoms with Crippen molar-refractivity contribution in [3.8, 4) is 0 Å². The highest BCUT2D eigenvalue weighted by atomic mass is 35.5. The molecule has 106 valence electrons. The Kier molecular flexibility index (Phi) is 5.34. The fourth-order valence-corrected chi connectivity index (χ4v) is 3.71. The summed E-state index contributed by atoms with van der Waals surface area (Å²) in [6, 6.07) is 3.66. The van der Waals surface area contributed by atoms with Crippen molar-refractivity contribution in [2.45, 2.75) is 25.2 Å². The van der Waals surface area contributed by atoms with Gasteiger partial charge >= 0.3 is 5.97 Å². The molecule has 0 fully saturated rings. The van der Waals surface area contributed by atoms with Crippen molar-refractivity contribution in [1.82, 2.24) is 4.31 Å². The van der Waals surface area contributed by atoms with Gasteiger partial charge in [-0.3, -0.25) is 0 Å². The third-order valence-corrected chi connectivity index (χ3v) is 5.08. The Morgan fingerprint density at radius 1 is 1.37 bits per heavy atom. The minimum Gasteiger partial charge on any atom is -0.478 e. The molecule has 0 aromatic heterocycles. The summed E-state index contributed by atoms with van der Waals surface area (Å²) in [4.78, 5) is 10.7. The Bertz CT molecular complexity index is 571. The van der Waals surface area contributed by atoms with Crippen LogP contribution in [0.3, 0.4) is 0 Å². The van der Waals surface area contributed by atoms with Gasteiger partial charge in [-0.05, 0) is 24.6 Å². The number of nitrogens with zero attached hydrogens (tertiary/aromatic N) is 1. The normalized spacial score (nSPS) is 11.8. The molecule has 0 amide bonds. The van der Waals surface area contributed by atoms with Crippen LogP contribution in [-0.4, -0.2) is 36.9 Å². The van der Waals surface area contributed by atoms with Crippen LogP contribution < -0.4 is 0 Å². The van der Waals surface area contributed by atoms with Gasteiger partial charge < -0.3 is 5.11 Å². The highest BCUT2D eigenvalue weighted by Crippen LogP contribution is 2.26. The van der Waals surface area contributed by atoms with Gasteiger partial charge in [0.05, 0.1) is 10.6 Å². The molecule has 0 saturated carbocycles. The van der Waals surface area contributed by atoms with E-state index in [1.54, 1.807) is 6.92 Å². The first-order valence-electron chi connectivity index (χ1n) is 5.87. The van der Waals surface area contributed by atoms with Crippen molar-refractivity contribution < 1.29 is 18.3 Å². The van der Waals surface area contributed by atoms with Crippen molar-refractivity contribution in [2.24, 2.45) is 0 Å². The molecule has 0 unspecified atom stereocenters. The molecule has 1 aromatic rings. The highest BCUT2D eigenvalue weighted by molar-refractivity contribution is 7.89. The van der Waals surface area contributed by atoms with Crippen LogP contribution in [0.25, 0.3) is 0 Å². The lowest BCUT2D eigenvalue weighted by atomic mass is 10.2. The number of benzene rings is 1. The van der Waals surface area contributed by atoms with Gasteiger partial charge in [0.1, 0.15) is 4.90 Å². The van der Waals surface area contributed by atoms with Crippen LogP contribution in [-0.2, 0) is 10.0 Å². The lowest BCUT2D eigenvalue weighted by Gasteiger charge is -2.20. The van der Waals surface area contributed by atoms with E-state index in [2.05, 4.69) is 0 Å². The average Bonchev–Trinajstić information content (AvgIpc) is 2.35. The highest BCUT2D eigenvalue weighted by Gasteiger charge is 2.25. The minimum atomic E-state index is -3.76. The molecule has 19 heavy (non-hydrogen) atoms. The zero-order chi connectivity index (χ0) is 14.6. The fraction of sp³-hybridized carbons (Fsp3) is 0.417. The molecule has 1 N–H and O–H groups in total. The van der Waals surface area contributed by atoms with Crippen molar-refractivity contribution in [1.29, 1.82) is 0 Å². The molecule has 1 rings (SSSR count). The number of hydrogen-bond donors (Lipinski definition) is 1. The first-order chi connectivity index (χ1) is 8.84. The fourth-order valence-electron chi connectivity index (χ4n) is 1.67. The monoisotopic (exact) mass is 305 g/mol. The summed E-state index contributed by atoms with van der Waals surface area (Å²) in [5.74, 6) is -1.19. The van der Waals surface area contributed by atoms with Crippen molar-refractivity contribution >= 4 is 27.6 Å². The summed E-state index contributed by atoms with van der Waals surface area (Å²) < 4.78 is 26.1. The molecule has 0 spiro atoms. The summed E-state index contributed by atoms with van der Waals surface area (Å²) in [6.45, 7) is 4.27. The number of aromatic carboxylic acids is 1. The van der Waals surface area contributed by atoms with Gasteiger partial charge in [-0.1, -0.05) is 25.4 Å². The maximum Gasteiger partial charge on any atom is 0.335 e. The number of carbonyl (C=O) groups is 1. The zero-order valence-electron chi connectivity index (χ0n) is 10.8. The Morgan fingerprint density at radius 2 is 2.00 bits per heavy atom. The van der Waals surface area contributed by atoms with Crippen molar-refractivity contribution in [3.63, 3.8) is 0 Å². The molecule has 0 radical (unpaired) electrons. The Morgan fingerprint density at radius 3 is 2.47 bits per heavy atom. The summed E-state index contributed by atoms with van der Waals surface area (Å²) in [7, 11) is -3.76. The van der Waals surface area contributed by atoms with Gasteiger partial charge in [0, 0.05) is 13.1 Å². The maximum atomic E-state index is 12.4. The Balaban J connectivity index is 3.34. The summed E-state index contributed by atoms with van der Waals surface area (Å²) in [5, 5.41) is 8.94. The van der Waals surface area contributed by atoms with E-state index in [1.165, 1.54) is 16.4 Å². The molecule has 0 aliphatic heterocycles. The van der Waals surface area contributed by atoms with Gasteiger partial charge in [-0.15, -0.1) is 0 Å². The van der Waals surface area contributed by atoms with Crippen LogP contribution in [0, 0.1) is 0 Å². The van der Waals surface area contributed by atoms with Gasteiger partial charge in [-0.2, -0.15) is 4.31 Å². The SMILES string of the molecule is CCCN(CC)S(=O)(=O)c1cc(C(=O)O)ccc1Cl. The summed E-state index contributed by atoms with van der Waals surface area (Å²) >= 11 is 5.89. The summed E-state index contributed by atoms with van der Waals surface area (Å²) in [5.41, 5.74) is -0.101. The van der Waals surface area contributed by atoms with Gasteiger partial charge in [0.15, 0.2) is 0 Å². The van der Waals surface area contributed by atoms with E-state index in [4.69, 9.17) is 16.7 Å². The van der Waals surface area contributed by atoms with Crippen LogP contribution in [0.1, 0.15) is 30.6 Å². The third kappa shape index (κ3) is 3.46. The van der Waals surface area contributed by atoms with Crippen molar-refractivity contribution in [3.05, 3.63) is 28.8 Å². The van der Waals surface area contributed by atoms with Crippen LogP contribution in [0.5, 0.6) is 0 Å². The second kappa shape index (κ2) is 6.36. The van der Waals surface area contributed by atoms with Crippen LogP contribution in [0.4, 0.5) is 0 Å². The number of rotatable bonds is 6. The molecule has 0 aliphatic rings. The zero-order valence-corrected chi connectivity index (χ0v) is 12.3. The second-order valence-corrected chi connectivity index (χ2v) is 6.26. The quantitative estimate of drug-likeness (QED) is 0.876. The molecule has 0 aliphatic carbocycles. The average molecular weight is 306 g/mol. The minimum absolute atomic E-state index is 0.0274. The first-order valence-corrected chi connectivity index (χ1v) is 7.69. The van der Waals surface area contributed by atoms with Gasteiger partial charge in [0.25, 0.3) is 0 Å². The predicted molar refractivity (Wildman–Crippen MR) is 73.1 cm³/mol.